The van der Waals surface area contributed by atoms with E-state index in [-0.39, 0.29) is 6.04 Å². The van der Waals surface area contributed by atoms with Gasteiger partial charge in [0.05, 0.1) is 12.5 Å². The molecule has 0 aliphatic carbocycles. The summed E-state index contributed by atoms with van der Waals surface area (Å²) < 4.78 is 5.06. The number of nitrogens with zero attached hydrogens (tertiary/aromatic N) is 1. The van der Waals surface area contributed by atoms with Gasteiger partial charge in [-0.2, -0.15) is 0 Å². The molecule has 1 aromatic heterocycles. The number of rotatable bonds is 5. The molecule has 0 aliphatic heterocycles. The molecule has 102 valence electrons. The minimum atomic E-state index is 0.133. The third-order valence-corrected chi connectivity index (χ3v) is 3.35. The van der Waals surface area contributed by atoms with Gasteiger partial charge in [-0.25, -0.2) is 0 Å². The van der Waals surface area contributed by atoms with Crippen LogP contribution in [0.3, 0.4) is 0 Å². The molecule has 1 unspecified atom stereocenters. The molecule has 1 heterocycles. The Hall–Kier alpha value is -1.94. The second kappa shape index (κ2) is 5.80. The lowest BCUT2D eigenvalue weighted by molar-refractivity contribution is 0.458. The molecular formula is C15H20N2O2. The molecule has 0 aliphatic rings. The molecule has 0 bridgehead atoms. The van der Waals surface area contributed by atoms with Crippen molar-refractivity contribution in [1.82, 2.24) is 5.32 Å². The van der Waals surface area contributed by atoms with Crippen LogP contribution in [0, 0.1) is 0 Å². The average molecular weight is 260 g/mol. The van der Waals surface area contributed by atoms with E-state index in [2.05, 4.69) is 10.2 Å². The van der Waals surface area contributed by atoms with Crippen molar-refractivity contribution in [2.45, 2.75) is 19.5 Å². The molecule has 0 radical (unpaired) electrons. The van der Waals surface area contributed by atoms with Crippen LogP contribution in [0.5, 0.6) is 5.75 Å². The Kier molecular flexibility index (Phi) is 4.12. The lowest BCUT2D eigenvalue weighted by Gasteiger charge is -2.20. The molecule has 1 atom stereocenters. The predicted molar refractivity (Wildman–Crippen MR) is 76.4 cm³/mol. The van der Waals surface area contributed by atoms with E-state index < -0.39 is 0 Å². The molecule has 0 saturated carbocycles. The number of hydrogen-bond donors (Lipinski definition) is 2. The highest BCUT2D eigenvalue weighted by Crippen LogP contribution is 2.29. The zero-order chi connectivity index (χ0) is 13.8. The first-order chi connectivity index (χ1) is 9.11. The van der Waals surface area contributed by atoms with Gasteiger partial charge in [-0.3, -0.25) is 0 Å². The van der Waals surface area contributed by atoms with Gasteiger partial charge in [0.1, 0.15) is 5.75 Å². The zero-order valence-corrected chi connectivity index (χ0v) is 11.6. The Labute approximate surface area is 113 Å². The molecule has 2 aromatic rings. The quantitative estimate of drug-likeness (QED) is 0.868. The molecule has 0 spiro atoms. The van der Waals surface area contributed by atoms with Crippen LogP contribution in [-0.2, 0) is 6.54 Å². The summed E-state index contributed by atoms with van der Waals surface area (Å²) in [6.45, 7) is 2.76. The molecule has 4 heteroatoms. The molecule has 0 amide bonds. The van der Waals surface area contributed by atoms with Crippen molar-refractivity contribution in [1.29, 1.82) is 0 Å². The van der Waals surface area contributed by atoms with Crippen molar-refractivity contribution >= 4 is 5.69 Å². The van der Waals surface area contributed by atoms with E-state index in [1.54, 1.807) is 18.6 Å². The van der Waals surface area contributed by atoms with E-state index in [0.29, 0.717) is 5.75 Å². The largest absolute Gasteiger partial charge is 0.508 e. The number of nitrogens with one attached hydrogen (secondary N) is 1. The van der Waals surface area contributed by atoms with Crippen LogP contribution in [0.2, 0.25) is 0 Å². The fourth-order valence-electron chi connectivity index (χ4n) is 2.04. The number of anilines is 1. The maximum atomic E-state index is 10.1. The molecule has 1 aromatic carbocycles. The highest BCUT2D eigenvalue weighted by Gasteiger charge is 2.11. The van der Waals surface area contributed by atoms with Crippen LogP contribution in [0.4, 0.5) is 5.69 Å². The summed E-state index contributed by atoms with van der Waals surface area (Å²) in [6, 6.07) is 7.84. The zero-order valence-electron chi connectivity index (χ0n) is 11.6. The Morgan fingerprint density at radius 3 is 2.74 bits per heavy atom. The van der Waals surface area contributed by atoms with Gasteiger partial charge in [-0.1, -0.05) is 6.07 Å². The van der Waals surface area contributed by atoms with Gasteiger partial charge in [-0.05, 0) is 26.1 Å². The van der Waals surface area contributed by atoms with E-state index in [0.717, 1.165) is 23.4 Å². The number of benzene rings is 1. The van der Waals surface area contributed by atoms with Gasteiger partial charge in [-0.15, -0.1) is 0 Å². The first kappa shape index (κ1) is 13.5. The highest BCUT2D eigenvalue weighted by atomic mass is 16.3. The number of hydrogen-bond acceptors (Lipinski definition) is 4. The van der Waals surface area contributed by atoms with Gasteiger partial charge in [0, 0.05) is 42.5 Å². The maximum absolute atomic E-state index is 10.1. The van der Waals surface area contributed by atoms with E-state index in [1.807, 2.05) is 39.2 Å². The average Bonchev–Trinajstić information content (AvgIpc) is 2.90. The smallest absolute Gasteiger partial charge is 0.122 e. The van der Waals surface area contributed by atoms with Gasteiger partial charge < -0.3 is 19.7 Å². The van der Waals surface area contributed by atoms with E-state index in [9.17, 15) is 5.11 Å². The Balaban J connectivity index is 2.15. The van der Waals surface area contributed by atoms with Crippen molar-refractivity contribution < 1.29 is 9.52 Å². The second-order valence-electron chi connectivity index (χ2n) is 4.74. The van der Waals surface area contributed by atoms with Crippen molar-refractivity contribution in [2.75, 3.05) is 19.0 Å². The third kappa shape index (κ3) is 3.09. The lowest BCUT2D eigenvalue weighted by Crippen LogP contribution is -2.16. The van der Waals surface area contributed by atoms with Crippen LogP contribution < -0.4 is 10.2 Å². The van der Waals surface area contributed by atoms with Gasteiger partial charge in [0.2, 0.25) is 0 Å². The summed E-state index contributed by atoms with van der Waals surface area (Å²) in [5.74, 6) is 0.318. The summed E-state index contributed by atoms with van der Waals surface area (Å²) in [5, 5.41) is 13.2. The van der Waals surface area contributed by atoms with Gasteiger partial charge in [0.25, 0.3) is 0 Å². The number of phenolic OH excluding ortho intramolecular Hbond substituents is 1. The van der Waals surface area contributed by atoms with Crippen molar-refractivity contribution in [3.63, 3.8) is 0 Å². The molecular weight excluding hydrogens is 240 g/mol. The minimum Gasteiger partial charge on any atom is -0.508 e. The first-order valence-electron chi connectivity index (χ1n) is 6.34. The lowest BCUT2D eigenvalue weighted by atomic mass is 10.1. The molecule has 0 saturated heterocycles. The monoisotopic (exact) mass is 260 g/mol. The first-order valence-corrected chi connectivity index (χ1v) is 6.34. The summed E-state index contributed by atoms with van der Waals surface area (Å²) >= 11 is 0. The normalized spacial score (nSPS) is 12.4. The van der Waals surface area contributed by atoms with E-state index in [1.165, 1.54) is 0 Å². The fraction of sp³-hybridized carbons (Fsp3) is 0.333. The summed E-state index contributed by atoms with van der Waals surface area (Å²) in [7, 11) is 3.87. The fourth-order valence-corrected chi connectivity index (χ4v) is 2.04. The van der Waals surface area contributed by atoms with Crippen LogP contribution in [0.25, 0.3) is 0 Å². The van der Waals surface area contributed by atoms with E-state index in [4.69, 9.17) is 4.42 Å². The minimum absolute atomic E-state index is 0.133. The van der Waals surface area contributed by atoms with Gasteiger partial charge in [0.15, 0.2) is 0 Å². The number of furan rings is 1. The Morgan fingerprint density at radius 1 is 1.37 bits per heavy atom. The number of phenols is 1. The van der Waals surface area contributed by atoms with Crippen LogP contribution in [0.15, 0.2) is 41.2 Å². The van der Waals surface area contributed by atoms with Crippen LogP contribution >= 0.6 is 0 Å². The molecule has 2 rings (SSSR count). The molecule has 4 nitrogen and oxygen atoms in total. The number of aromatic hydroxyl groups is 1. The highest BCUT2D eigenvalue weighted by molar-refractivity contribution is 5.53. The van der Waals surface area contributed by atoms with E-state index >= 15 is 0 Å². The SMILES string of the molecule is CNC(C)c1ccc(N(C)Cc2ccoc2)cc1O. The molecule has 19 heavy (non-hydrogen) atoms. The maximum Gasteiger partial charge on any atom is 0.122 e. The van der Waals surface area contributed by atoms with Crippen LogP contribution in [0.1, 0.15) is 24.1 Å². The topological polar surface area (TPSA) is 48.6 Å². The Bertz CT molecular complexity index is 523. The van der Waals surface area contributed by atoms with Crippen molar-refractivity contribution in [2.24, 2.45) is 0 Å². The van der Waals surface area contributed by atoms with Crippen LogP contribution in [-0.4, -0.2) is 19.2 Å². The third-order valence-electron chi connectivity index (χ3n) is 3.35. The predicted octanol–water partition coefficient (Wildman–Crippen LogP) is 2.90. The summed E-state index contributed by atoms with van der Waals surface area (Å²) in [4.78, 5) is 2.07. The molecule has 2 N–H and O–H groups in total. The van der Waals surface area contributed by atoms with Crippen molar-refractivity contribution in [3.05, 3.63) is 47.9 Å². The summed E-state index contributed by atoms with van der Waals surface area (Å²) in [6.07, 6.45) is 3.39. The van der Waals surface area contributed by atoms with Gasteiger partial charge >= 0.3 is 0 Å². The molecule has 0 fully saturated rings. The standard InChI is InChI=1S/C15H20N2O2/c1-11(16-2)14-5-4-13(8-15(14)18)17(3)9-12-6-7-19-10-12/h4-8,10-11,16,18H,9H2,1-3H3. The Morgan fingerprint density at radius 2 is 2.16 bits per heavy atom. The second-order valence-corrected chi connectivity index (χ2v) is 4.74. The van der Waals surface area contributed by atoms with Crippen molar-refractivity contribution in [3.8, 4) is 5.75 Å². The summed E-state index contributed by atoms with van der Waals surface area (Å²) in [5.41, 5.74) is 2.99.